The third kappa shape index (κ3) is 2.95. The van der Waals surface area contributed by atoms with Crippen LogP contribution in [0, 0.1) is 0 Å². The van der Waals surface area contributed by atoms with E-state index >= 15 is 0 Å². The summed E-state index contributed by atoms with van der Waals surface area (Å²) in [5, 5.41) is 8.81. The number of carboxylic acid groups (broad SMARTS) is 1. The number of hydrogen-bond donors (Lipinski definition) is 1. The first-order chi connectivity index (χ1) is 6.09. The lowest BCUT2D eigenvalue weighted by atomic mass is 10.3. The number of rotatable bonds is 4. The van der Waals surface area contributed by atoms with Crippen molar-refractivity contribution in [3.05, 3.63) is 17.9 Å². The van der Waals surface area contributed by atoms with Crippen molar-refractivity contribution in [1.82, 2.24) is 0 Å². The fourth-order valence-electron chi connectivity index (χ4n) is 0.720. The van der Waals surface area contributed by atoms with Gasteiger partial charge in [-0.15, -0.1) is 0 Å². The van der Waals surface area contributed by atoms with E-state index in [9.17, 15) is 9.59 Å². The molecule has 0 amide bonds. The molecule has 4 nitrogen and oxygen atoms in total. The van der Waals surface area contributed by atoms with Crippen molar-refractivity contribution >= 4 is 23.5 Å². The standard InChI is InChI=1S/C8H8O4S/c1-5(9)6-2-3-8(12-6)13-4-7(10)11/h2-3H,4H2,1H3,(H,10,11). The summed E-state index contributed by atoms with van der Waals surface area (Å²) >= 11 is 1.05. The van der Waals surface area contributed by atoms with Crippen LogP contribution in [-0.2, 0) is 4.79 Å². The predicted molar refractivity (Wildman–Crippen MR) is 47.1 cm³/mol. The van der Waals surface area contributed by atoms with Crippen molar-refractivity contribution in [3.63, 3.8) is 0 Å². The monoisotopic (exact) mass is 200 g/mol. The molecule has 1 aromatic rings. The normalized spacial score (nSPS) is 9.92. The summed E-state index contributed by atoms with van der Waals surface area (Å²) < 4.78 is 5.05. The fourth-order valence-corrected chi connectivity index (χ4v) is 1.30. The number of furan rings is 1. The molecule has 1 aromatic heterocycles. The molecule has 0 unspecified atom stereocenters. The van der Waals surface area contributed by atoms with Crippen LogP contribution in [0.2, 0.25) is 0 Å². The molecule has 0 spiro atoms. The van der Waals surface area contributed by atoms with Crippen molar-refractivity contribution in [2.75, 3.05) is 5.75 Å². The molecule has 0 saturated carbocycles. The smallest absolute Gasteiger partial charge is 0.313 e. The molecule has 0 fully saturated rings. The van der Waals surface area contributed by atoms with Gasteiger partial charge in [0.15, 0.2) is 16.6 Å². The van der Waals surface area contributed by atoms with Gasteiger partial charge in [0, 0.05) is 6.92 Å². The zero-order chi connectivity index (χ0) is 9.84. The van der Waals surface area contributed by atoms with Gasteiger partial charge in [-0.05, 0) is 12.1 Å². The van der Waals surface area contributed by atoms with E-state index in [4.69, 9.17) is 9.52 Å². The van der Waals surface area contributed by atoms with Gasteiger partial charge in [0.05, 0.1) is 5.75 Å². The Balaban J connectivity index is 2.59. The van der Waals surface area contributed by atoms with Crippen molar-refractivity contribution in [3.8, 4) is 0 Å². The molecule has 0 bridgehead atoms. The number of carbonyl (C=O) groups excluding carboxylic acids is 1. The average molecular weight is 200 g/mol. The summed E-state index contributed by atoms with van der Waals surface area (Å²) in [4.78, 5) is 21.0. The Kier molecular flexibility index (Phi) is 3.13. The van der Waals surface area contributed by atoms with Crippen molar-refractivity contribution in [1.29, 1.82) is 0 Å². The minimum Gasteiger partial charge on any atom is -0.481 e. The molecule has 0 aliphatic rings. The van der Waals surface area contributed by atoms with Crippen LogP contribution < -0.4 is 0 Å². The summed E-state index contributed by atoms with van der Waals surface area (Å²) in [6.45, 7) is 1.39. The summed E-state index contributed by atoms with van der Waals surface area (Å²) in [6.07, 6.45) is 0. The second-order valence-electron chi connectivity index (χ2n) is 2.36. The van der Waals surface area contributed by atoms with Gasteiger partial charge in [-0.1, -0.05) is 11.8 Å². The van der Waals surface area contributed by atoms with Gasteiger partial charge in [0.1, 0.15) is 0 Å². The van der Waals surface area contributed by atoms with E-state index in [2.05, 4.69) is 0 Å². The Morgan fingerprint density at radius 3 is 2.69 bits per heavy atom. The van der Waals surface area contributed by atoms with E-state index in [1.807, 2.05) is 0 Å². The highest BCUT2D eigenvalue weighted by molar-refractivity contribution is 7.99. The van der Waals surface area contributed by atoms with Crippen LogP contribution in [0.4, 0.5) is 0 Å². The maximum Gasteiger partial charge on any atom is 0.313 e. The minimum atomic E-state index is -0.911. The third-order valence-corrected chi connectivity index (χ3v) is 2.16. The van der Waals surface area contributed by atoms with E-state index in [-0.39, 0.29) is 17.3 Å². The molecule has 70 valence electrons. The highest BCUT2D eigenvalue weighted by atomic mass is 32.2. The number of carbonyl (C=O) groups is 2. The van der Waals surface area contributed by atoms with E-state index in [1.165, 1.54) is 13.0 Å². The van der Waals surface area contributed by atoms with Crippen LogP contribution in [-0.4, -0.2) is 22.6 Å². The van der Waals surface area contributed by atoms with Crippen LogP contribution >= 0.6 is 11.8 Å². The summed E-state index contributed by atoms with van der Waals surface area (Å²) in [5.41, 5.74) is 0. The topological polar surface area (TPSA) is 67.5 Å². The van der Waals surface area contributed by atoms with Gasteiger partial charge in [-0.25, -0.2) is 0 Å². The van der Waals surface area contributed by atoms with E-state index in [0.29, 0.717) is 5.09 Å². The number of Topliss-reactive ketones (excluding diaryl/α,β-unsaturated/α-hetero) is 1. The Morgan fingerprint density at radius 1 is 1.54 bits per heavy atom. The molecular formula is C8H8O4S. The van der Waals surface area contributed by atoms with E-state index in [1.54, 1.807) is 6.07 Å². The predicted octanol–water partition coefficient (Wildman–Crippen LogP) is 1.66. The van der Waals surface area contributed by atoms with Gasteiger partial charge in [-0.3, -0.25) is 9.59 Å². The molecule has 0 radical (unpaired) electrons. The van der Waals surface area contributed by atoms with Crippen LogP contribution in [0.25, 0.3) is 0 Å². The SMILES string of the molecule is CC(=O)c1ccc(SCC(=O)O)o1. The Labute approximate surface area is 78.9 Å². The first-order valence-corrected chi connectivity index (χ1v) is 4.53. The van der Waals surface area contributed by atoms with Gasteiger partial charge in [-0.2, -0.15) is 0 Å². The molecule has 0 aromatic carbocycles. The number of carboxylic acids is 1. The van der Waals surface area contributed by atoms with Gasteiger partial charge in [0.25, 0.3) is 0 Å². The molecule has 5 heteroatoms. The van der Waals surface area contributed by atoms with Gasteiger partial charge in [0.2, 0.25) is 0 Å². The first kappa shape index (κ1) is 9.85. The molecule has 1 heterocycles. The zero-order valence-corrected chi connectivity index (χ0v) is 7.76. The molecular weight excluding hydrogens is 192 g/mol. The van der Waals surface area contributed by atoms with E-state index in [0.717, 1.165) is 11.8 Å². The largest absolute Gasteiger partial charge is 0.481 e. The maximum atomic E-state index is 10.8. The molecule has 0 aliphatic heterocycles. The number of thioether (sulfide) groups is 1. The molecule has 0 atom stereocenters. The highest BCUT2D eigenvalue weighted by Gasteiger charge is 2.07. The quantitative estimate of drug-likeness (QED) is 0.591. The highest BCUT2D eigenvalue weighted by Crippen LogP contribution is 2.20. The number of ketones is 1. The molecule has 0 saturated heterocycles. The molecule has 13 heavy (non-hydrogen) atoms. The summed E-state index contributed by atoms with van der Waals surface area (Å²) in [7, 11) is 0. The molecule has 1 rings (SSSR count). The Bertz CT molecular complexity index is 329. The van der Waals surface area contributed by atoms with Crippen LogP contribution in [0.3, 0.4) is 0 Å². The third-order valence-electron chi connectivity index (χ3n) is 1.27. The summed E-state index contributed by atoms with van der Waals surface area (Å²) in [6, 6.07) is 3.12. The van der Waals surface area contributed by atoms with Crippen LogP contribution in [0.1, 0.15) is 17.5 Å². The number of hydrogen-bond acceptors (Lipinski definition) is 4. The van der Waals surface area contributed by atoms with Crippen LogP contribution in [0.5, 0.6) is 0 Å². The van der Waals surface area contributed by atoms with Gasteiger partial charge >= 0.3 is 5.97 Å². The molecule has 1 N–H and O–H groups in total. The Morgan fingerprint density at radius 2 is 2.23 bits per heavy atom. The zero-order valence-electron chi connectivity index (χ0n) is 6.94. The molecule has 0 aliphatic carbocycles. The Hall–Kier alpha value is -1.23. The lowest BCUT2D eigenvalue weighted by Gasteiger charge is -1.91. The first-order valence-electron chi connectivity index (χ1n) is 3.55. The van der Waals surface area contributed by atoms with Crippen LogP contribution in [0.15, 0.2) is 21.6 Å². The summed E-state index contributed by atoms with van der Waals surface area (Å²) in [5.74, 6) is -0.883. The van der Waals surface area contributed by atoms with Crippen molar-refractivity contribution in [2.45, 2.75) is 12.0 Å². The second-order valence-corrected chi connectivity index (χ2v) is 3.34. The lowest BCUT2D eigenvalue weighted by molar-refractivity contribution is -0.133. The number of aliphatic carboxylic acids is 1. The van der Waals surface area contributed by atoms with Crippen molar-refractivity contribution < 1.29 is 19.1 Å². The van der Waals surface area contributed by atoms with Gasteiger partial charge < -0.3 is 9.52 Å². The fraction of sp³-hybridized carbons (Fsp3) is 0.250. The van der Waals surface area contributed by atoms with E-state index < -0.39 is 5.97 Å². The minimum absolute atomic E-state index is 0.0646. The van der Waals surface area contributed by atoms with Crippen molar-refractivity contribution in [2.24, 2.45) is 0 Å². The second kappa shape index (κ2) is 4.13. The average Bonchev–Trinajstić information content (AvgIpc) is 2.48. The maximum absolute atomic E-state index is 10.8. The lowest BCUT2D eigenvalue weighted by Crippen LogP contribution is -1.96.